The van der Waals surface area contributed by atoms with Crippen LogP contribution < -0.4 is 4.90 Å². The van der Waals surface area contributed by atoms with Gasteiger partial charge in [0.05, 0.1) is 5.52 Å². The lowest BCUT2D eigenvalue weighted by Gasteiger charge is -2.36. The summed E-state index contributed by atoms with van der Waals surface area (Å²) in [6, 6.07) is 7.50. The second-order valence-corrected chi connectivity index (χ2v) is 5.39. The largest absolute Gasteiger partial charge is 0.471 e. The Labute approximate surface area is 130 Å². The van der Waals surface area contributed by atoms with Crippen molar-refractivity contribution in [2.45, 2.75) is 13.1 Å². The van der Waals surface area contributed by atoms with Gasteiger partial charge in [0.2, 0.25) is 0 Å². The van der Waals surface area contributed by atoms with Crippen LogP contribution in [0.15, 0.2) is 24.3 Å². The fourth-order valence-corrected chi connectivity index (χ4v) is 2.71. The Morgan fingerprint density at radius 3 is 2.39 bits per heavy atom. The number of rotatable bonds is 1. The number of nitrogens with zero attached hydrogens (tertiary/aromatic N) is 4. The van der Waals surface area contributed by atoms with Crippen LogP contribution in [0.25, 0.3) is 10.9 Å². The van der Waals surface area contributed by atoms with E-state index in [1.165, 1.54) is 0 Å². The Morgan fingerprint density at radius 2 is 1.74 bits per heavy atom. The number of alkyl halides is 3. The zero-order valence-corrected chi connectivity index (χ0v) is 12.5. The van der Waals surface area contributed by atoms with Crippen LogP contribution in [-0.2, 0) is 4.79 Å². The van der Waals surface area contributed by atoms with E-state index in [2.05, 4.69) is 9.97 Å². The van der Waals surface area contributed by atoms with Gasteiger partial charge in [0.25, 0.3) is 0 Å². The van der Waals surface area contributed by atoms with Crippen LogP contribution in [0.3, 0.4) is 0 Å². The number of carbonyl (C=O) groups is 1. The maximum Gasteiger partial charge on any atom is 0.471 e. The second-order valence-electron chi connectivity index (χ2n) is 5.39. The van der Waals surface area contributed by atoms with Crippen molar-refractivity contribution in [3.63, 3.8) is 0 Å². The predicted octanol–water partition coefficient (Wildman–Crippen LogP) is 2.15. The number of hydrogen-bond acceptors (Lipinski definition) is 4. The van der Waals surface area contributed by atoms with Gasteiger partial charge in [-0.3, -0.25) is 4.79 Å². The van der Waals surface area contributed by atoms with Crippen molar-refractivity contribution in [2.24, 2.45) is 0 Å². The van der Waals surface area contributed by atoms with E-state index in [0.717, 1.165) is 15.8 Å². The van der Waals surface area contributed by atoms with E-state index < -0.39 is 12.1 Å². The minimum absolute atomic E-state index is 0.0235. The second kappa shape index (κ2) is 5.68. The number of benzene rings is 1. The zero-order valence-electron chi connectivity index (χ0n) is 12.5. The highest BCUT2D eigenvalue weighted by atomic mass is 19.4. The van der Waals surface area contributed by atoms with Crippen molar-refractivity contribution in [3.05, 3.63) is 30.1 Å². The van der Waals surface area contributed by atoms with Crippen molar-refractivity contribution in [1.29, 1.82) is 0 Å². The number of amides is 1. The molecule has 1 aromatic heterocycles. The lowest BCUT2D eigenvalue weighted by Crippen LogP contribution is -2.52. The van der Waals surface area contributed by atoms with Gasteiger partial charge in [-0.2, -0.15) is 13.2 Å². The molecule has 0 aliphatic carbocycles. The molecule has 0 saturated carbocycles. The zero-order chi connectivity index (χ0) is 16.6. The lowest BCUT2D eigenvalue weighted by molar-refractivity contribution is -0.185. The molecule has 23 heavy (non-hydrogen) atoms. The topological polar surface area (TPSA) is 49.3 Å². The van der Waals surface area contributed by atoms with Crippen LogP contribution in [0.2, 0.25) is 0 Å². The molecule has 1 saturated heterocycles. The number of hydrogen-bond donors (Lipinski definition) is 0. The van der Waals surface area contributed by atoms with E-state index in [9.17, 15) is 18.0 Å². The van der Waals surface area contributed by atoms with Gasteiger partial charge in [-0.15, -0.1) is 0 Å². The minimum atomic E-state index is -4.82. The summed E-state index contributed by atoms with van der Waals surface area (Å²) >= 11 is 0. The van der Waals surface area contributed by atoms with E-state index in [1.807, 2.05) is 29.2 Å². The molecule has 2 aromatic rings. The van der Waals surface area contributed by atoms with Gasteiger partial charge in [0, 0.05) is 31.6 Å². The van der Waals surface area contributed by atoms with Crippen molar-refractivity contribution in [2.75, 3.05) is 31.1 Å². The number of aromatic nitrogens is 2. The Kier molecular flexibility index (Phi) is 3.83. The molecule has 1 aliphatic rings. The molecule has 0 atom stereocenters. The summed E-state index contributed by atoms with van der Waals surface area (Å²) in [5.74, 6) is -0.472. The van der Waals surface area contributed by atoms with Crippen LogP contribution in [0, 0.1) is 6.92 Å². The van der Waals surface area contributed by atoms with Crippen molar-refractivity contribution in [3.8, 4) is 0 Å². The number of anilines is 1. The number of fused-ring (bicyclic) bond motifs is 1. The molecule has 0 unspecified atom stereocenters. The summed E-state index contributed by atoms with van der Waals surface area (Å²) < 4.78 is 37.5. The van der Waals surface area contributed by atoms with Crippen molar-refractivity contribution >= 4 is 22.6 Å². The normalized spacial score (nSPS) is 16.0. The van der Waals surface area contributed by atoms with E-state index in [-0.39, 0.29) is 13.1 Å². The summed E-state index contributed by atoms with van der Waals surface area (Å²) in [6.45, 7) is 2.44. The Bertz CT molecular complexity index is 739. The molecule has 2 heterocycles. The van der Waals surface area contributed by atoms with Crippen LogP contribution in [0.4, 0.5) is 19.0 Å². The first kappa shape index (κ1) is 15.5. The summed E-state index contributed by atoms with van der Waals surface area (Å²) in [7, 11) is 0. The molecule has 0 bridgehead atoms. The summed E-state index contributed by atoms with van der Waals surface area (Å²) in [6.07, 6.45) is -4.82. The summed E-state index contributed by atoms with van der Waals surface area (Å²) in [4.78, 5) is 22.8. The number of halogens is 3. The summed E-state index contributed by atoms with van der Waals surface area (Å²) in [5.41, 5.74) is 0.795. The minimum Gasteiger partial charge on any atom is -0.352 e. The molecular formula is C15H15F3N4O. The Balaban J connectivity index is 1.82. The van der Waals surface area contributed by atoms with Crippen molar-refractivity contribution in [1.82, 2.24) is 14.9 Å². The van der Waals surface area contributed by atoms with Crippen LogP contribution in [0.1, 0.15) is 5.82 Å². The molecular weight excluding hydrogens is 309 g/mol. The molecule has 1 amide bonds. The van der Waals surface area contributed by atoms with Crippen molar-refractivity contribution < 1.29 is 18.0 Å². The average molecular weight is 324 g/mol. The number of carbonyl (C=O) groups excluding carboxylic acids is 1. The fraction of sp³-hybridized carbons (Fsp3) is 0.400. The molecule has 1 aromatic carbocycles. The highest BCUT2D eigenvalue weighted by Crippen LogP contribution is 2.26. The highest BCUT2D eigenvalue weighted by molar-refractivity contribution is 5.89. The van der Waals surface area contributed by atoms with Gasteiger partial charge in [-0.05, 0) is 19.1 Å². The van der Waals surface area contributed by atoms with Gasteiger partial charge >= 0.3 is 12.1 Å². The number of aryl methyl sites for hydroxylation is 1. The van der Waals surface area contributed by atoms with Crippen LogP contribution in [-0.4, -0.2) is 53.1 Å². The molecule has 1 fully saturated rings. The van der Waals surface area contributed by atoms with E-state index >= 15 is 0 Å². The third-order valence-corrected chi connectivity index (χ3v) is 3.80. The van der Waals surface area contributed by atoms with E-state index in [0.29, 0.717) is 24.7 Å². The molecule has 0 N–H and O–H groups in total. The molecule has 122 valence electrons. The van der Waals surface area contributed by atoms with E-state index in [4.69, 9.17) is 0 Å². The summed E-state index contributed by atoms with van der Waals surface area (Å²) in [5, 5.41) is 0.855. The first-order chi connectivity index (χ1) is 10.9. The molecule has 0 radical (unpaired) electrons. The van der Waals surface area contributed by atoms with Gasteiger partial charge in [-0.25, -0.2) is 9.97 Å². The molecule has 8 heteroatoms. The monoisotopic (exact) mass is 324 g/mol. The van der Waals surface area contributed by atoms with Gasteiger partial charge in [0.15, 0.2) is 0 Å². The maximum absolute atomic E-state index is 12.5. The number of piperazine rings is 1. The van der Waals surface area contributed by atoms with Gasteiger partial charge in [-0.1, -0.05) is 12.1 Å². The third-order valence-electron chi connectivity index (χ3n) is 3.80. The average Bonchev–Trinajstić information content (AvgIpc) is 2.52. The molecule has 3 rings (SSSR count). The quantitative estimate of drug-likeness (QED) is 0.806. The smallest absolute Gasteiger partial charge is 0.352 e. The Morgan fingerprint density at radius 1 is 1.09 bits per heavy atom. The predicted molar refractivity (Wildman–Crippen MR) is 79.1 cm³/mol. The van der Waals surface area contributed by atoms with Crippen LogP contribution in [0.5, 0.6) is 0 Å². The number of para-hydroxylation sites is 1. The first-order valence-corrected chi connectivity index (χ1v) is 7.20. The SMILES string of the molecule is Cc1nc(N2CCN(C(=O)C(F)(F)F)CC2)c2ccccc2n1. The van der Waals surface area contributed by atoms with E-state index in [1.54, 1.807) is 6.92 Å². The standard InChI is InChI=1S/C15H15F3N4O/c1-10-19-12-5-3-2-4-11(12)13(20-10)21-6-8-22(9-7-21)14(23)15(16,17)18/h2-5H,6-9H2,1H3. The molecule has 5 nitrogen and oxygen atoms in total. The first-order valence-electron chi connectivity index (χ1n) is 7.20. The molecule has 1 aliphatic heterocycles. The van der Waals surface area contributed by atoms with Gasteiger partial charge < -0.3 is 9.80 Å². The fourth-order valence-electron chi connectivity index (χ4n) is 2.71. The highest BCUT2D eigenvalue weighted by Gasteiger charge is 2.43. The van der Waals surface area contributed by atoms with Gasteiger partial charge in [0.1, 0.15) is 11.6 Å². The lowest BCUT2D eigenvalue weighted by atomic mass is 10.2. The third kappa shape index (κ3) is 3.06. The maximum atomic E-state index is 12.5. The molecule has 0 spiro atoms. The Hall–Kier alpha value is -2.38. The van der Waals surface area contributed by atoms with Crippen LogP contribution >= 0.6 is 0 Å².